The van der Waals surface area contributed by atoms with Crippen LogP contribution in [0.4, 0.5) is 10.1 Å². The Balaban J connectivity index is 1.90. The molecule has 0 radical (unpaired) electrons. The van der Waals surface area contributed by atoms with E-state index in [0.717, 1.165) is 36.1 Å². The Hall–Kier alpha value is -2.81. The van der Waals surface area contributed by atoms with Crippen LogP contribution in [0.25, 0.3) is 0 Å². The van der Waals surface area contributed by atoms with E-state index in [-0.39, 0.29) is 22.4 Å². The smallest absolute Gasteiger partial charge is 0.324 e. The van der Waals surface area contributed by atoms with Crippen molar-refractivity contribution in [2.45, 2.75) is 36.7 Å². The number of hydrogen-bond donors (Lipinski definition) is 1. The molecule has 7 nitrogen and oxygen atoms in total. The van der Waals surface area contributed by atoms with Gasteiger partial charge in [0.25, 0.3) is 10.0 Å². The number of aliphatic carboxylic acids is 1. The third-order valence-electron chi connectivity index (χ3n) is 4.72. The first-order chi connectivity index (χ1) is 13.8. The quantitative estimate of drug-likeness (QED) is 0.699. The van der Waals surface area contributed by atoms with Gasteiger partial charge in [-0.25, -0.2) is 12.8 Å². The van der Waals surface area contributed by atoms with Crippen molar-refractivity contribution in [1.29, 1.82) is 0 Å². The zero-order chi connectivity index (χ0) is 21.0. The lowest BCUT2D eigenvalue weighted by Gasteiger charge is -2.23. The van der Waals surface area contributed by atoms with Gasteiger partial charge in [-0.15, -0.1) is 0 Å². The van der Waals surface area contributed by atoms with Crippen molar-refractivity contribution in [1.82, 2.24) is 0 Å². The molecule has 29 heavy (non-hydrogen) atoms. The second-order valence-corrected chi connectivity index (χ2v) is 8.58. The Kier molecular flexibility index (Phi) is 6.26. The van der Waals surface area contributed by atoms with Gasteiger partial charge in [0.15, 0.2) is 11.6 Å². The van der Waals surface area contributed by atoms with Crippen LogP contribution in [-0.2, 0) is 14.8 Å². The van der Waals surface area contributed by atoms with Crippen molar-refractivity contribution < 1.29 is 32.2 Å². The number of carboxylic acid groups (broad SMARTS) is 1. The number of carbonyl (C=O) groups is 1. The summed E-state index contributed by atoms with van der Waals surface area (Å²) in [4.78, 5) is 10.9. The van der Waals surface area contributed by atoms with E-state index in [4.69, 9.17) is 9.47 Å². The van der Waals surface area contributed by atoms with Crippen LogP contribution in [0.3, 0.4) is 0 Å². The fraction of sp³-hybridized carbons (Fsp3) is 0.350. The van der Waals surface area contributed by atoms with E-state index in [2.05, 4.69) is 0 Å². The minimum Gasteiger partial charge on any atom is -0.494 e. The van der Waals surface area contributed by atoms with Gasteiger partial charge in [-0.2, -0.15) is 0 Å². The molecule has 156 valence electrons. The van der Waals surface area contributed by atoms with Gasteiger partial charge in [-0.05, 0) is 68.1 Å². The van der Waals surface area contributed by atoms with Crippen molar-refractivity contribution >= 4 is 21.7 Å². The Morgan fingerprint density at radius 2 is 1.83 bits per heavy atom. The third kappa shape index (κ3) is 4.79. The molecule has 2 aromatic carbocycles. The summed E-state index contributed by atoms with van der Waals surface area (Å²) in [5.74, 6) is -1.72. The van der Waals surface area contributed by atoms with E-state index < -0.39 is 28.4 Å². The van der Waals surface area contributed by atoms with Gasteiger partial charge in [-0.1, -0.05) is 0 Å². The Bertz CT molecular complexity index is 971. The second-order valence-electron chi connectivity index (χ2n) is 6.72. The van der Waals surface area contributed by atoms with Crippen LogP contribution in [0.15, 0.2) is 47.4 Å². The summed E-state index contributed by atoms with van der Waals surface area (Å²) in [7, 11) is -3.05. The summed E-state index contributed by atoms with van der Waals surface area (Å²) in [5.41, 5.74) is 0.141. The number of hydrogen-bond acceptors (Lipinski definition) is 5. The number of halogens is 1. The number of methoxy groups -OCH3 is 1. The Morgan fingerprint density at radius 3 is 2.38 bits per heavy atom. The van der Waals surface area contributed by atoms with Gasteiger partial charge in [0.05, 0.1) is 23.8 Å². The maximum atomic E-state index is 14.0. The summed E-state index contributed by atoms with van der Waals surface area (Å²) < 4.78 is 51.4. The molecule has 3 rings (SSSR count). The summed E-state index contributed by atoms with van der Waals surface area (Å²) in [5, 5.41) is 9.21. The highest BCUT2D eigenvalue weighted by Crippen LogP contribution is 2.29. The molecular weight excluding hydrogens is 401 g/mol. The molecule has 1 aliphatic carbocycles. The summed E-state index contributed by atoms with van der Waals surface area (Å²) in [6, 6.07) is 9.32. The highest BCUT2D eigenvalue weighted by Gasteiger charge is 2.28. The van der Waals surface area contributed by atoms with Gasteiger partial charge < -0.3 is 14.6 Å². The molecule has 0 aromatic heterocycles. The molecular formula is C20H22FNO6S. The first-order valence-corrected chi connectivity index (χ1v) is 10.6. The van der Waals surface area contributed by atoms with Crippen LogP contribution in [0.1, 0.15) is 25.7 Å². The molecule has 0 spiro atoms. The average molecular weight is 423 g/mol. The molecule has 0 saturated heterocycles. The zero-order valence-electron chi connectivity index (χ0n) is 15.9. The second kappa shape index (κ2) is 8.69. The van der Waals surface area contributed by atoms with Crippen LogP contribution < -0.4 is 13.8 Å². The van der Waals surface area contributed by atoms with Crippen LogP contribution >= 0.6 is 0 Å². The predicted octanol–water partition coefficient (Wildman–Crippen LogP) is 3.44. The minimum absolute atomic E-state index is 0.109. The molecule has 1 N–H and O–H groups in total. The Morgan fingerprint density at radius 1 is 1.17 bits per heavy atom. The maximum Gasteiger partial charge on any atom is 0.324 e. The van der Waals surface area contributed by atoms with E-state index in [1.54, 1.807) is 12.1 Å². The largest absolute Gasteiger partial charge is 0.494 e. The van der Waals surface area contributed by atoms with Crippen molar-refractivity contribution in [2.24, 2.45) is 0 Å². The number of ether oxygens (including phenoxy) is 2. The van der Waals surface area contributed by atoms with E-state index in [0.29, 0.717) is 5.75 Å². The van der Waals surface area contributed by atoms with Crippen LogP contribution in [0.2, 0.25) is 0 Å². The highest BCUT2D eigenvalue weighted by molar-refractivity contribution is 7.92. The van der Waals surface area contributed by atoms with E-state index in [9.17, 15) is 22.7 Å². The van der Waals surface area contributed by atoms with Crippen molar-refractivity contribution in [3.8, 4) is 11.5 Å². The van der Waals surface area contributed by atoms with Gasteiger partial charge >= 0.3 is 5.97 Å². The van der Waals surface area contributed by atoms with E-state index in [1.807, 2.05) is 0 Å². The van der Waals surface area contributed by atoms with Crippen LogP contribution in [-0.4, -0.2) is 39.3 Å². The van der Waals surface area contributed by atoms with Crippen molar-refractivity contribution in [3.63, 3.8) is 0 Å². The normalized spacial score (nSPS) is 14.6. The fourth-order valence-electron chi connectivity index (χ4n) is 3.26. The van der Waals surface area contributed by atoms with E-state index >= 15 is 0 Å². The monoisotopic (exact) mass is 423 g/mol. The first kappa shape index (κ1) is 20.9. The number of nitrogens with zero attached hydrogens (tertiary/aromatic N) is 1. The average Bonchev–Trinajstić information content (AvgIpc) is 3.19. The molecule has 9 heteroatoms. The standard InChI is InChI=1S/C20H22FNO6S/c1-27-19-11-10-17(12-18(19)21)29(25,26)22(13-20(23)24)14-6-8-16(9-7-14)28-15-4-2-3-5-15/h6-12,15H,2-5,13H2,1H3,(H,23,24). The summed E-state index contributed by atoms with van der Waals surface area (Å²) >= 11 is 0. The molecule has 1 saturated carbocycles. The molecule has 1 fully saturated rings. The summed E-state index contributed by atoms with van der Waals surface area (Å²) in [6.45, 7) is -0.807. The third-order valence-corrected chi connectivity index (χ3v) is 6.49. The number of sulfonamides is 1. The molecule has 1 aliphatic rings. The predicted molar refractivity (Wildman–Crippen MR) is 104 cm³/mol. The molecule has 0 heterocycles. The number of anilines is 1. The van der Waals surface area contributed by atoms with Crippen LogP contribution in [0.5, 0.6) is 11.5 Å². The lowest BCUT2D eigenvalue weighted by atomic mass is 10.2. The zero-order valence-corrected chi connectivity index (χ0v) is 16.7. The SMILES string of the molecule is COc1ccc(S(=O)(=O)N(CC(=O)O)c2ccc(OC3CCCC3)cc2)cc1F. The van der Waals surface area contributed by atoms with E-state index in [1.165, 1.54) is 31.4 Å². The van der Waals surface area contributed by atoms with Crippen molar-refractivity contribution in [3.05, 3.63) is 48.3 Å². The minimum atomic E-state index is -4.32. The molecule has 0 amide bonds. The lowest BCUT2D eigenvalue weighted by molar-refractivity contribution is -0.135. The Labute approximate surface area is 168 Å². The molecule has 2 aromatic rings. The number of benzene rings is 2. The number of rotatable bonds is 8. The van der Waals surface area contributed by atoms with Crippen LogP contribution in [0, 0.1) is 5.82 Å². The van der Waals surface area contributed by atoms with Gasteiger partial charge in [0.1, 0.15) is 12.3 Å². The summed E-state index contributed by atoms with van der Waals surface area (Å²) in [6.07, 6.45) is 4.33. The molecule has 0 unspecified atom stereocenters. The topological polar surface area (TPSA) is 93.1 Å². The molecule has 0 aliphatic heterocycles. The highest BCUT2D eigenvalue weighted by atomic mass is 32.2. The lowest BCUT2D eigenvalue weighted by Crippen LogP contribution is -2.35. The van der Waals surface area contributed by atoms with Gasteiger partial charge in [0, 0.05) is 0 Å². The maximum absolute atomic E-state index is 14.0. The fourth-order valence-corrected chi connectivity index (χ4v) is 4.69. The van der Waals surface area contributed by atoms with Crippen molar-refractivity contribution in [2.75, 3.05) is 18.0 Å². The van der Waals surface area contributed by atoms with Gasteiger partial charge in [0.2, 0.25) is 0 Å². The molecule has 0 bridgehead atoms. The number of carboxylic acids is 1. The molecule has 0 atom stereocenters. The van der Waals surface area contributed by atoms with Gasteiger partial charge in [-0.3, -0.25) is 9.10 Å². The first-order valence-electron chi connectivity index (χ1n) is 9.16.